The van der Waals surface area contributed by atoms with Crippen molar-refractivity contribution in [2.24, 2.45) is 7.05 Å². The van der Waals surface area contributed by atoms with Gasteiger partial charge in [-0.1, -0.05) is 0 Å². The second kappa shape index (κ2) is 6.89. The Hall–Kier alpha value is -1.92. The summed E-state index contributed by atoms with van der Waals surface area (Å²) in [5.41, 5.74) is 8.20. The van der Waals surface area contributed by atoms with Gasteiger partial charge in [-0.05, 0) is 30.5 Å². The molecular weight excluding hydrogens is 278 g/mol. The summed E-state index contributed by atoms with van der Waals surface area (Å²) >= 11 is 0. The first-order chi connectivity index (χ1) is 10.7. The van der Waals surface area contributed by atoms with Gasteiger partial charge in [0, 0.05) is 44.6 Å². The van der Waals surface area contributed by atoms with Crippen LogP contribution >= 0.6 is 0 Å². The molecule has 1 fully saturated rings. The number of ether oxygens (including phenoxy) is 1. The Bertz CT molecular complexity index is 612. The Morgan fingerprint density at radius 2 is 2.32 bits per heavy atom. The third kappa shape index (κ3) is 4.05. The number of rotatable bonds is 5. The molecule has 3 heterocycles. The molecular formula is C16H23N5O. The van der Waals surface area contributed by atoms with Crippen LogP contribution in [0, 0.1) is 0 Å². The Kier molecular flexibility index (Phi) is 4.70. The van der Waals surface area contributed by atoms with Gasteiger partial charge >= 0.3 is 0 Å². The highest BCUT2D eigenvalue weighted by molar-refractivity contribution is 5.31. The maximum atomic E-state index is 5.89. The van der Waals surface area contributed by atoms with Crippen LogP contribution in [-0.2, 0) is 24.8 Å². The predicted octanol–water partition coefficient (Wildman–Crippen LogP) is 1.23. The zero-order valence-corrected chi connectivity index (χ0v) is 13.0. The molecule has 0 spiro atoms. The summed E-state index contributed by atoms with van der Waals surface area (Å²) in [5, 5.41) is 4.23. The highest BCUT2D eigenvalue weighted by Gasteiger charge is 2.20. The van der Waals surface area contributed by atoms with Crippen molar-refractivity contribution in [3.05, 3.63) is 41.9 Å². The van der Waals surface area contributed by atoms with E-state index >= 15 is 0 Å². The molecule has 118 valence electrons. The third-order valence-corrected chi connectivity index (χ3v) is 3.99. The van der Waals surface area contributed by atoms with E-state index < -0.39 is 0 Å². The molecule has 22 heavy (non-hydrogen) atoms. The minimum Gasteiger partial charge on any atom is -0.384 e. The van der Waals surface area contributed by atoms with Crippen LogP contribution in [-0.4, -0.2) is 45.5 Å². The SMILES string of the molecule is Cn1cc(CN2CCOC(CCc3ccnc(N)c3)C2)cn1. The third-order valence-electron chi connectivity index (χ3n) is 3.99. The van der Waals surface area contributed by atoms with Gasteiger partial charge in [-0.2, -0.15) is 5.10 Å². The average Bonchev–Trinajstić information content (AvgIpc) is 2.91. The standard InChI is InChI=1S/C16H23N5O/c1-20-10-14(9-19-20)11-21-6-7-22-15(12-21)3-2-13-4-5-18-16(17)8-13/h4-5,8-10,15H,2-3,6-7,11-12H2,1H3,(H2,17,18). The summed E-state index contributed by atoms with van der Waals surface area (Å²) in [6.07, 6.45) is 8.03. The molecule has 0 bridgehead atoms. The molecule has 0 saturated carbocycles. The second-order valence-electron chi connectivity index (χ2n) is 5.88. The topological polar surface area (TPSA) is 69.2 Å². The molecule has 0 aliphatic carbocycles. The highest BCUT2D eigenvalue weighted by atomic mass is 16.5. The van der Waals surface area contributed by atoms with Gasteiger partial charge in [-0.3, -0.25) is 9.58 Å². The van der Waals surface area contributed by atoms with E-state index in [0.29, 0.717) is 5.82 Å². The number of hydrogen-bond donors (Lipinski definition) is 1. The van der Waals surface area contributed by atoms with Gasteiger partial charge in [0.2, 0.25) is 0 Å². The summed E-state index contributed by atoms with van der Waals surface area (Å²) in [5.74, 6) is 0.584. The van der Waals surface area contributed by atoms with Crippen LogP contribution in [0.15, 0.2) is 30.7 Å². The summed E-state index contributed by atoms with van der Waals surface area (Å²) in [4.78, 5) is 6.46. The fourth-order valence-corrected chi connectivity index (χ4v) is 2.89. The lowest BCUT2D eigenvalue weighted by Crippen LogP contribution is -2.42. The second-order valence-corrected chi connectivity index (χ2v) is 5.88. The molecule has 0 aromatic carbocycles. The lowest BCUT2D eigenvalue weighted by atomic mass is 10.1. The highest BCUT2D eigenvalue weighted by Crippen LogP contribution is 2.15. The number of nitrogens with two attached hydrogens (primary N) is 1. The summed E-state index contributed by atoms with van der Waals surface area (Å²) in [6, 6.07) is 3.96. The van der Waals surface area contributed by atoms with Crippen molar-refractivity contribution >= 4 is 5.82 Å². The molecule has 2 aromatic rings. The summed E-state index contributed by atoms with van der Waals surface area (Å²) < 4.78 is 7.74. The van der Waals surface area contributed by atoms with Crippen molar-refractivity contribution < 1.29 is 4.74 Å². The van der Waals surface area contributed by atoms with E-state index in [0.717, 1.165) is 39.1 Å². The van der Waals surface area contributed by atoms with Crippen molar-refractivity contribution in [2.75, 3.05) is 25.4 Å². The molecule has 1 atom stereocenters. The largest absolute Gasteiger partial charge is 0.384 e. The van der Waals surface area contributed by atoms with Crippen LogP contribution in [0.1, 0.15) is 17.5 Å². The van der Waals surface area contributed by atoms with E-state index in [4.69, 9.17) is 10.5 Å². The van der Waals surface area contributed by atoms with Crippen molar-refractivity contribution in [3.63, 3.8) is 0 Å². The predicted molar refractivity (Wildman–Crippen MR) is 85.2 cm³/mol. The Morgan fingerprint density at radius 1 is 1.41 bits per heavy atom. The van der Waals surface area contributed by atoms with Crippen LogP contribution < -0.4 is 5.73 Å². The average molecular weight is 301 g/mol. The molecule has 1 unspecified atom stereocenters. The van der Waals surface area contributed by atoms with Crippen LogP contribution in [0.25, 0.3) is 0 Å². The van der Waals surface area contributed by atoms with E-state index in [1.807, 2.05) is 30.1 Å². The van der Waals surface area contributed by atoms with Gasteiger partial charge in [0.1, 0.15) is 5.82 Å². The smallest absolute Gasteiger partial charge is 0.123 e. The fraction of sp³-hybridized carbons (Fsp3) is 0.500. The lowest BCUT2D eigenvalue weighted by molar-refractivity contribution is -0.0345. The molecule has 2 aromatic heterocycles. The molecule has 6 nitrogen and oxygen atoms in total. The maximum Gasteiger partial charge on any atom is 0.123 e. The van der Waals surface area contributed by atoms with Crippen molar-refractivity contribution in [3.8, 4) is 0 Å². The molecule has 0 amide bonds. The van der Waals surface area contributed by atoms with Crippen molar-refractivity contribution in [2.45, 2.75) is 25.5 Å². The molecule has 1 aliphatic rings. The number of morpholine rings is 1. The molecule has 1 aliphatic heterocycles. The summed E-state index contributed by atoms with van der Waals surface area (Å²) in [6.45, 7) is 3.68. The van der Waals surface area contributed by atoms with Gasteiger partial charge < -0.3 is 10.5 Å². The fourth-order valence-electron chi connectivity index (χ4n) is 2.89. The zero-order valence-electron chi connectivity index (χ0n) is 13.0. The molecule has 3 rings (SSSR count). The quantitative estimate of drug-likeness (QED) is 0.899. The van der Waals surface area contributed by atoms with Crippen LogP contribution in [0.4, 0.5) is 5.82 Å². The van der Waals surface area contributed by atoms with E-state index in [1.165, 1.54) is 11.1 Å². The van der Waals surface area contributed by atoms with Gasteiger partial charge in [0.15, 0.2) is 0 Å². The monoisotopic (exact) mass is 301 g/mol. The minimum atomic E-state index is 0.278. The Labute approximate surface area is 130 Å². The van der Waals surface area contributed by atoms with Crippen molar-refractivity contribution in [1.29, 1.82) is 0 Å². The molecule has 0 radical (unpaired) electrons. The maximum absolute atomic E-state index is 5.89. The minimum absolute atomic E-state index is 0.278. The van der Waals surface area contributed by atoms with Gasteiger partial charge in [0.05, 0.1) is 18.9 Å². The van der Waals surface area contributed by atoms with Crippen LogP contribution in [0.3, 0.4) is 0 Å². The van der Waals surface area contributed by atoms with Gasteiger partial charge in [-0.15, -0.1) is 0 Å². The number of hydrogen-bond acceptors (Lipinski definition) is 5. The van der Waals surface area contributed by atoms with Gasteiger partial charge in [-0.25, -0.2) is 4.98 Å². The van der Waals surface area contributed by atoms with E-state index in [2.05, 4.69) is 21.2 Å². The first-order valence-corrected chi connectivity index (χ1v) is 7.71. The normalized spacial score (nSPS) is 19.4. The number of nitrogen functional groups attached to an aromatic ring is 1. The van der Waals surface area contributed by atoms with E-state index in [9.17, 15) is 0 Å². The summed E-state index contributed by atoms with van der Waals surface area (Å²) in [7, 11) is 1.95. The number of anilines is 1. The molecule has 6 heteroatoms. The number of aromatic nitrogens is 3. The van der Waals surface area contributed by atoms with Gasteiger partial charge in [0.25, 0.3) is 0 Å². The molecule has 1 saturated heterocycles. The molecule has 2 N–H and O–H groups in total. The number of nitrogens with zero attached hydrogens (tertiary/aromatic N) is 4. The van der Waals surface area contributed by atoms with E-state index in [-0.39, 0.29) is 6.10 Å². The Morgan fingerprint density at radius 3 is 3.09 bits per heavy atom. The number of pyridine rings is 1. The lowest BCUT2D eigenvalue weighted by Gasteiger charge is -2.32. The van der Waals surface area contributed by atoms with Crippen molar-refractivity contribution in [1.82, 2.24) is 19.7 Å². The number of aryl methyl sites for hydroxylation is 2. The van der Waals surface area contributed by atoms with Crippen LogP contribution in [0.2, 0.25) is 0 Å². The zero-order chi connectivity index (χ0) is 15.4. The Balaban J connectivity index is 1.50. The first kappa shape index (κ1) is 15.0. The first-order valence-electron chi connectivity index (χ1n) is 7.71. The van der Waals surface area contributed by atoms with Crippen LogP contribution in [0.5, 0.6) is 0 Å². The van der Waals surface area contributed by atoms with E-state index in [1.54, 1.807) is 6.20 Å².